The highest BCUT2D eigenvalue weighted by molar-refractivity contribution is 5.96. The van der Waals surface area contributed by atoms with Crippen molar-refractivity contribution in [3.63, 3.8) is 0 Å². The minimum absolute atomic E-state index is 0.0935. The van der Waals surface area contributed by atoms with E-state index in [-0.39, 0.29) is 17.9 Å². The number of aromatic amines is 1. The zero-order valence-corrected chi connectivity index (χ0v) is 7.46. The Labute approximate surface area is 75.1 Å². The highest BCUT2D eigenvalue weighted by atomic mass is 16.5. The first-order valence-corrected chi connectivity index (χ1v) is 3.89. The van der Waals surface area contributed by atoms with Crippen molar-refractivity contribution in [1.29, 1.82) is 0 Å². The van der Waals surface area contributed by atoms with Crippen LogP contribution in [0.1, 0.15) is 23.0 Å². The number of ether oxygens (including phenoxy) is 1. The van der Waals surface area contributed by atoms with Crippen LogP contribution in [0.4, 0.5) is 5.69 Å². The van der Waals surface area contributed by atoms with Gasteiger partial charge in [0.2, 0.25) is 0 Å². The van der Waals surface area contributed by atoms with Crippen LogP contribution in [0.3, 0.4) is 0 Å². The summed E-state index contributed by atoms with van der Waals surface area (Å²) in [5, 5.41) is 2.71. The van der Waals surface area contributed by atoms with Gasteiger partial charge in [-0.2, -0.15) is 0 Å². The molecule has 1 rings (SSSR count). The first-order chi connectivity index (χ1) is 6.20. The molecule has 5 heteroatoms. The van der Waals surface area contributed by atoms with Gasteiger partial charge in [0.1, 0.15) is 11.3 Å². The van der Waals surface area contributed by atoms with E-state index in [0.717, 1.165) is 0 Å². The third-order valence-electron chi connectivity index (χ3n) is 1.63. The van der Waals surface area contributed by atoms with Crippen LogP contribution in [0.2, 0.25) is 0 Å². The molecule has 0 amide bonds. The zero-order valence-electron chi connectivity index (χ0n) is 7.46. The average Bonchev–Trinajstić information content (AvgIpc) is 2.47. The second-order valence-electron chi connectivity index (χ2n) is 2.49. The molecule has 1 aromatic rings. The molecule has 0 spiro atoms. The number of nitroso groups, excluding NO2 is 1. The maximum atomic E-state index is 11.3. The molecule has 1 N–H and O–H groups in total. The summed E-state index contributed by atoms with van der Waals surface area (Å²) >= 11 is 0. The number of hydrogen-bond donors (Lipinski definition) is 1. The topological polar surface area (TPSA) is 71.5 Å². The summed E-state index contributed by atoms with van der Waals surface area (Å²) in [7, 11) is 0. The zero-order chi connectivity index (χ0) is 9.84. The number of aryl methyl sites for hydroxylation is 1. The first-order valence-electron chi connectivity index (χ1n) is 3.89. The predicted molar refractivity (Wildman–Crippen MR) is 46.9 cm³/mol. The van der Waals surface area contributed by atoms with E-state index in [0.29, 0.717) is 5.69 Å². The first kappa shape index (κ1) is 9.44. The number of aromatic nitrogens is 1. The van der Waals surface area contributed by atoms with Crippen molar-refractivity contribution in [1.82, 2.24) is 4.98 Å². The summed E-state index contributed by atoms with van der Waals surface area (Å²) in [4.78, 5) is 24.3. The average molecular weight is 182 g/mol. The molecule has 0 aromatic carbocycles. The molecule has 13 heavy (non-hydrogen) atoms. The molecule has 0 saturated heterocycles. The lowest BCUT2D eigenvalue weighted by molar-refractivity contribution is 0.0526. The number of carbonyl (C=O) groups is 1. The maximum Gasteiger partial charge on any atom is 0.342 e. The van der Waals surface area contributed by atoms with Gasteiger partial charge in [-0.1, -0.05) is 0 Å². The van der Waals surface area contributed by atoms with Crippen molar-refractivity contribution >= 4 is 11.7 Å². The number of esters is 1. The van der Waals surface area contributed by atoms with Crippen molar-refractivity contribution in [2.45, 2.75) is 13.8 Å². The van der Waals surface area contributed by atoms with E-state index in [1.54, 1.807) is 13.8 Å². The minimum Gasteiger partial charge on any atom is -0.462 e. The summed E-state index contributed by atoms with van der Waals surface area (Å²) < 4.78 is 4.75. The monoisotopic (exact) mass is 182 g/mol. The molecule has 0 aliphatic carbocycles. The van der Waals surface area contributed by atoms with Crippen LogP contribution >= 0.6 is 0 Å². The normalized spacial score (nSPS) is 9.69. The summed E-state index contributed by atoms with van der Waals surface area (Å²) in [6, 6.07) is 0. The molecule has 70 valence electrons. The number of H-pyrrole nitrogens is 1. The van der Waals surface area contributed by atoms with E-state index in [1.807, 2.05) is 0 Å². The Kier molecular flexibility index (Phi) is 2.79. The number of hydrogen-bond acceptors (Lipinski definition) is 4. The standard InChI is InChI=1S/C8H10N2O3/c1-3-13-8(11)7-5(2)9-4-6(7)10-12/h4,9H,3H2,1-2H3. The molecule has 1 aromatic heterocycles. The van der Waals surface area contributed by atoms with Gasteiger partial charge in [0, 0.05) is 11.9 Å². The molecule has 5 nitrogen and oxygen atoms in total. The van der Waals surface area contributed by atoms with Gasteiger partial charge in [-0.3, -0.25) is 0 Å². The molecule has 0 aliphatic rings. The second kappa shape index (κ2) is 3.84. The third-order valence-corrected chi connectivity index (χ3v) is 1.63. The number of nitrogens with one attached hydrogen (secondary N) is 1. The molecule has 0 bridgehead atoms. The molecule has 0 unspecified atom stereocenters. The molecule has 0 saturated carbocycles. The van der Waals surface area contributed by atoms with Crippen molar-refractivity contribution in [3.8, 4) is 0 Å². The van der Waals surface area contributed by atoms with E-state index >= 15 is 0 Å². The maximum absolute atomic E-state index is 11.3. The van der Waals surface area contributed by atoms with Crippen LogP contribution in [-0.2, 0) is 4.74 Å². The van der Waals surface area contributed by atoms with Gasteiger partial charge in [0.15, 0.2) is 0 Å². The quantitative estimate of drug-likeness (QED) is 0.573. The smallest absolute Gasteiger partial charge is 0.342 e. The Morgan fingerprint density at radius 2 is 2.38 bits per heavy atom. The molecular formula is C8H10N2O3. The molecule has 0 radical (unpaired) electrons. The largest absolute Gasteiger partial charge is 0.462 e. The van der Waals surface area contributed by atoms with Gasteiger partial charge < -0.3 is 9.72 Å². The van der Waals surface area contributed by atoms with Gasteiger partial charge in [-0.05, 0) is 19.0 Å². The Balaban J connectivity index is 3.03. The van der Waals surface area contributed by atoms with Crippen LogP contribution in [0, 0.1) is 11.8 Å². The van der Waals surface area contributed by atoms with Gasteiger partial charge >= 0.3 is 5.97 Å². The highest BCUT2D eigenvalue weighted by Crippen LogP contribution is 2.22. The van der Waals surface area contributed by atoms with Crippen molar-refractivity contribution in [2.24, 2.45) is 5.18 Å². The third kappa shape index (κ3) is 1.74. The van der Waals surface area contributed by atoms with Gasteiger partial charge in [-0.15, -0.1) is 4.91 Å². The summed E-state index contributed by atoms with van der Waals surface area (Å²) in [5.41, 5.74) is 0.904. The number of nitrogens with zero attached hydrogens (tertiary/aromatic N) is 1. The SMILES string of the molecule is CCOC(=O)c1c(N=O)c[nH]c1C. The Hall–Kier alpha value is -1.65. The van der Waals surface area contributed by atoms with Gasteiger partial charge in [-0.25, -0.2) is 4.79 Å². The van der Waals surface area contributed by atoms with E-state index in [2.05, 4.69) is 10.2 Å². The molecule has 0 aliphatic heterocycles. The van der Waals surface area contributed by atoms with Crippen molar-refractivity contribution < 1.29 is 9.53 Å². The van der Waals surface area contributed by atoms with E-state index in [1.165, 1.54) is 6.20 Å². The Bertz CT molecular complexity index is 330. The van der Waals surface area contributed by atoms with Crippen LogP contribution in [0.5, 0.6) is 0 Å². The van der Waals surface area contributed by atoms with E-state index < -0.39 is 5.97 Å². The van der Waals surface area contributed by atoms with Crippen molar-refractivity contribution in [2.75, 3.05) is 6.61 Å². The van der Waals surface area contributed by atoms with Crippen LogP contribution in [0.15, 0.2) is 11.4 Å². The lowest BCUT2D eigenvalue weighted by Gasteiger charge is -2.00. The fourth-order valence-corrected chi connectivity index (χ4v) is 1.05. The molecular weight excluding hydrogens is 172 g/mol. The predicted octanol–water partition coefficient (Wildman–Crippen LogP) is 1.90. The lowest BCUT2D eigenvalue weighted by Crippen LogP contribution is -2.05. The molecule has 1 heterocycles. The van der Waals surface area contributed by atoms with E-state index in [4.69, 9.17) is 4.74 Å². The van der Waals surface area contributed by atoms with Crippen LogP contribution < -0.4 is 0 Å². The second-order valence-corrected chi connectivity index (χ2v) is 2.49. The van der Waals surface area contributed by atoms with Gasteiger partial charge in [0.05, 0.1) is 6.61 Å². The van der Waals surface area contributed by atoms with Crippen molar-refractivity contribution in [3.05, 3.63) is 22.4 Å². The molecule has 0 atom stereocenters. The highest BCUT2D eigenvalue weighted by Gasteiger charge is 2.17. The summed E-state index contributed by atoms with van der Waals surface area (Å²) in [5.74, 6) is -0.518. The van der Waals surface area contributed by atoms with Crippen LogP contribution in [-0.4, -0.2) is 17.6 Å². The van der Waals surface area contributed by atoms with E-state index in [9.17, 15) is 9.70 Å². The lowest BCUT2D eigenvalue weighted by atomic mass is 10.2. The summed E-state index contributed by atoms with van der Waals surface area (Å²) in [6.45, 7) is 3.66. The Morgan fingerprint density at radius 3 is 2.92 bits per heavy atom. The number of rotatable bonds is 3. The fraction of sp³-hybridized carbons (Fsp3) is 0.375. The fourth-order valence-electron chi connectivity index (χ4n) is 1.05. The van der Waals surface area contributed by atoms with Crippen LogP contribution in [0.25, 0.3) is 0 Å². The number of carbonyl (C=O) groups excluding carboxylic acids is 1. The summed E-state index contributed by atoms with van der Waals surface area (Å²) in [6.07, 6.45) is 1.38. The molecule has 0 fully saturated rings. The Morgan fingerprint density at radius 1 is 1.69 bits per heavy atom. The van der Waals surface area contributed by atoms with Gasteiger partial charge in [0.25, 0.3) is 0 Å². The minimum atomic E-state index is -0.518.